The fourth-order valence-electron chi connectivity index (χ4n) is 1.32. The number of carbonyl (C=O) groups excluding carboxylic acids is 1. The summed E-state index contributed by atoms with van der Waals surface area (Å²) in [6.07, 6.45) is -3.23. The number of esters is 1. The fraction of sp³-hybridized carbons (Fsp3) is 0.250. The highest BCUT2D eigenvalue weighted by Gasteiger charge is 2.21. The average molecular weight is 244 g/mol. The van der Waals surface area contributed by atoms with Crippen molar-refractivity contribution in [2.75, 3.05) is 7.11 Å². The molecular weight excluding hydrogens is 233 g/mol. The minimum Gasteiger partial charge on any atom is -0.465 e. The van der Waals surface area contributed by atoms with Gasteiger partial charge in [-0.2, -0.15) is 13.2 Å². The molecule has 1 rings (SSSR count). The van der Waals surface area contributed by atoms with Crippen LogP contribution in [0.2, 0.25) is 0 Å². The standard InChI is InChI=1S/C12H11F3O2/c1-8-7-9(5-6-12(13,14)15)3-4-10(8)11(16)17-2/h3-7H,1-2H3/b6-5+. The molecule has 0 amide bonds. The van der Waals surface area contributed by atoms with E-state index in [0.29, 0.717) is 16.7 Å². The lowest BCUT2D eigenvalue weighted by Crippen LogP contribution is -2.04. The van der Waals surface area contributed by atoms with Crippen molar-refractivity contribution in [3.05, 3.63) is 41.0 Å². The number of aryl methyl sites for hydroxylation is 1. The van der Waals surface area contributed by atoms with E-state index in [2.05, 4.69) is 4.74 Å². The fourth-order valence-corrected chi connectivity index (χ4v) is 1.32. The minimum absolute atomic E-state index is 0.152. The summed E-state index contributed by atoms with van der Waals surface area (Å²) in [4.78, 5) is 11.2. The first-order valence-electron chi connectivity index (χ1n) is 4.78. The first kappa shape index (κ1) is 13.3. The second-order valence-corrected chi connectivity index (χ2v) is 3.44. The van der Waals surface area contributed by atoms with Crippen molar-refractivity contribution in [2.45, 2.75) is 13.1 Å². The number of carbonyl (C=O) groups is 1. The lowest BCUT2D eigenvalue weighted by molar-refractivity contribution is -0.0790. The molecule has 17 heavy (non-hydrogen) atoms. The van der Waals surface area contributed by atoms with E-state index in [1.165, 1.54) is 25.3 Å². The quantitative estimate of drug-likeness (QED) is 0.745. The minimum atomic E-state index is -4.34. The molecule has 92 valence electrons. The van der Waals surface area contributed by atoms with Crippen LogP contribution in [0.5, 0.6) is 0 Å². The molecule has 0 N–H and O–H groups in total. The highest BCUT2D eigenvalue weighted by molar-refractivity contribution is 5.91. The van der Waals surface area contributed by atoms with E-state index in [4.69, 9.17) is 0 Å². The molecule has 0 aliphatic rings. The molecule has 0 aliphatic heterocycles. The van der Waals surface area contributed by atoms with Crippen molar-refractivity contribution in [1.29, 1.82) is 0 Å². The van der Waals surface area contributed by atoms with Crippen LogP contribution in [0.4, 0.5) is 13.2 Å². The van der Waals surface area contributed by atoms with Crippen LogP contribution >= 0.6 is 0 Å². The van der Waals surface area contributed by atoms with Gasteiger partial charge in [-0.1, -0.05) is 18.2 Å². The van der Waals surface area contributed by atoms with Crippen molar-refractivity contribution < 1.29 is 22.7 Å². The predicted molar refractivity (Wildman–Crippen MR) is 57.6 cm³/mol. The number of ether oxygens (including phenoxy) is 1. The van der Waals surface area contributed by atoms with Gasteiger partial charge < -0.3 is 4.74 Å². The van der Waals surface area contributed by atoms with E-state index in [-0.39, 0.29) is 6.08 Å². The highest BCUT2D eigenvalue weighted by Crippen LogP contribution is 2.19. The summed E-state index contributed by atoms with van der Waals surface area (Å²) in [5.41, 5.74) is 1.30. The Morgan fingerprint density at radius 1 is 1.35 bits per heavy atom. The maximum absolute atomic E-state index is 11.9. The van der Waals surface area contributed by atoms with Gasteiger partial charge in [0.15, 0.2) is 0 Å². The van der Waals surface area contributed by atoms with Gasteiger partial charge >= 0.3 is 12.1 Å². The Hall–Kier alpha value is -1.78. The number of halogens is 3. The maximum atomic E-state index is 11.9. The van der Waals surface area contributed by atoms with Crippen LogP contribution < -0.4 is 0 Å². The monoisotopic (exact) mass is 244 g/mol. The van der Waals surface area contributed by atoms with Crippen molar-refractivity contribution >= 4 is 12.0 Å². The summed E-state index contributed by atoms with van der Waals surface area (Å²) in [7, 11) is 1.25. The van der Waals surface area contributed by atoms with Crippen LogP contribution in [0.15, 0.2) is 24.3 Å². The van der Waals surface area contributed by atoms with Gasteiger partial charge in [0, 0.05) is 6.08 Å². The van der Waals surface area contributed by atoms with E-state index >= 15 is 0 Å². The topological polar surface area (TPSA) is 26.3 Å². The van der Waals surface area contributed by atoms with Crippen molar-refractivity contribution in [3.8, 4) is 0 Å². The van der Waals surface area contributed by atoms with Crippen molar-refractivity contribution in [2.24, 2.45) is 0 Å². The smallest absolute Gasteiger partial charge is 0.409 e. The summed E-state index contributed by atoms with van der Waals surface area (Å²) in [5, 5.41) is 0. The number of hydrogen-bond donors (Lipinski definition) is 0. The number of alkyl halides is 3. The Morgan fingerprint density at radius 3 is 2.47 bits per heavy atom. The van der Waals surface area contributed by atoms with Crippen LogP contribution in [-0.4, -0.2) is 19.3 Å². The average Bonchev–Trinajstić information content (AvgIpc) is 2.24. The van der Waals surface area contributed by atoms with Gasteiger partial charge in [-0.3, -0.25) is 0 Å². The number of hydrogen-bond acceptors (Lipinski definition) is 2. The first-order chi connectivity index (χ1) is 7.83. The van der Waals surface area contributed by atoms with Gasteiger partial charge in [-0.25, -0.2) is 4.79 Å². The van der Waals surface area contributed by atoms with Gasteiger partial charge in [0.05, 0.1) is 12.7 Å². The van der Waals surface area contributed by atoms with Crippen LogP contribution in [-0.2, 0) is 4.74 Å². The number of allylic oxidation sites excluding steroid dienone is 1. The van der Waals surface area contributed by atoms with E-state index in [1.54, 1.807) is 6.92 Å². The molecule has 0 fully saturated rings. The number of rotatable bonds is 2. The molecule has 0 aromatic heterocycles. The molecule has 0 heterocycles. The summed E-state index contributed by atoms with van der Waals surface area (Å²) < 4.78 is 40.4. The maximum Gasteiger partial charge on any atom is 0.409 e. The van der Waals surface area contributed by atoms with E-state index in [1.807, 2.05) is 0 Å². The third-order valence-electron chi connectivity index (χ3n) is 2.12. The molecule has 0 spiro atoms. The number of benzene rings is 1. The van der Waals surface area contributed by atoms with Gasteiger partial charge in [-0.05, 0) is 24.1 Å². The zero-order valence-corrected chi connectivity index (χ0v) is 9.34. The second-order valence-electron chi connectivity index (χ2n) is 3.44. The van der Waals surface area contributed by atoms with Crippen LogP contribution in [0.3, 0.4) is 0 Å². The van der Waals surface area contributed by atoms with E-state index in [9.17, 15) is 18.0 Å². The summed E-state index contributed by atoms with van der Waals surface area (Å²) >= 11 is 0. The molecule has 0 saturated carbocycles. The van der Waals surface area contributed by atoms with Crippen LogP contribution in [0, 0.1) is 6.92 Å². The van der Waals surface area contributed by atoms with Crippen LogP contribution in [0.1, 0.15) is 21.5 Å². The molecule has 1 aromatic rings. The summed E-state index contributed by atoms with van der Waals surface area (Å²) in [6.45, 7) is 1.64. The molecule has 0 bridgehead atoms. The molecule has 0 aliphatic carbocycles. The Bertz CT molecular complexity index is 448. The molecule has 1 aromatic carbocycles. The van der Waals surface area contributed by atoms with Crippen molar-refractivity contribution in [3.63, 3.8) is 0 Å². The first-order valence-corrected chi connectivity index (χ1v) is 4.78. The SMILES string of the molecule is COC(=O)c1ccc(/C=C/C(F)(F)F)cc1C. The lowest BCUT2D eigenvalue weighted by atomic mass is 10.0. The zero-order valence-electron chi connectivity index (χ0n) is 9.34. The van der Waals surface area contributed by atoms with Gasteiger partial charge in [0.25, 0.3) is 0 Å². The Morgan fingerprint density at radius 2 is 2.00 bits per heavy atom. The van der Waals surface area contributed by atoms with Gasteiger partial charge in [-0.15, -0.1) is 0 Å². The summed E-state index contributed by atoms with van der Waals surface area (Å²) in [5.74, 6) is -0.506. The van der Waals surface area contributed by atoms with E-state index < -0.39 is 12.1 Å². The molecule has 0 atom stereocenters. The largest absolute Gasteiger partial charge is 0.465 e. The Labute approximate surface area is 96.7 Å². The molecule has 0 radical (unpaired) electrons. The highest BCUT2D eigenvalue weighted by atomic mass is 19.4. The molecule has 2 nitrogen and oxygen atoms in total. The second kappa shape index (κ2) is 5.03. The van der Waals surface area contributed by atoms with Gasteiger partial charge in [0.1, 0.15) is 0 Å². The van der Waals surface area contributed by atoms with E-state index in [0.717, 1.165) is 6.08 Å². The Balaban J connectivity index is 2.97. The normalized spacial score (nSPS) is 11.8. The summed E-state index contributed by atoms with van der Waals surface area (Å²) in [6, 6.07) is 4.37. The molecule has 0 unspecified atom stereocenters. The number of methoxy groups -OCH3 is 1. The molecular formula is C12H11F3O2. The third kappa shape index (κ3) is 3.94. The van der Waals surface area contributed by atoms with Crippen molar-refractivity contribution in [1.82, 2.24) is 0 Å². The third-order valence-corrected chi connectivity index (χ3v) is 2.12. The molecule has 0 saturated heterocycles. The Kier molecular flexibility index (Phi) is 3.93. The molecule has 5 heteroatoms. The van der Waals surface area contributed by atoms with Crippen LogP contribution in [0.25, 0.3) is 6.08 Å². The van der Waals surface area contributed by atoms with Gasteiger partial charge in [0.2, 0.25) is 0 Å². The lowest BCUT2D eigenvalue weighted by Gasteiger charge is -2.05. The predicted octanol–water partition coefficient (Wildman–Crippen LogP) is 3.36. The zero-order chi connectivity index (χ0) is 13.1.